The van der Waals surface area contributed by atoms with Crippen LogP contribution in [0.4, 0.5) is 0 Å². The van der Waals surface area contributed by atoms with Gasteiger partial charge in [-0.2, -0.15) is 0 Å². The van der Waals surface area contributed by atoms with E-state index < -0.39 is 6.04 Å². The van der Waals surface area contributed by atoms with Crippen LogP contribution in [0.1, 0.15) is 17.2 Å². The highest BCUT2D eigenvalue weighted by molar-refractivity contribution is 6.35. The normalized spacial score (nSPS) is 12.3. The standard InChI is InChI=1S/C14H12Cl3NO/c1-19-13-7-11(16)9(6-12(13)17)14(18)8-4-2-3-5-10(8)15/h2-7,14H,18H2,1H3. The summed E-state index contributed by atoms with van der Waals surface area (Å²) < 4.78 is 5.11. The second-order valence-electron chi connectivity index (χ2n) is 4.01. The SMILES string of the molecule is COc1cc(Cl)c(C(N)c2ccccc2Cl)cc1Cl. The van der Waals surface area contributed by atoms with E-state index in [-0.39, 0.29) is 0 Å². The fourth-order valence-corrected chi connectivity index (χ4v) is 2.61. The predicted octanol–water partition coefficient (Wildman–Crippen LogP) is 4.70. The Morgan fingerprint density at radius 3 is 2.26 bits per heavy atom. The number of ether oxygens (including phenoxy) is 1. The fourth-order valence-electron chi connectivity index (χ4n) is 1.83. The maximum Gasteiger partial charge on any atom is 0.138 e. The number of hydrogen-bond donors (Lipinski definition) is 1. The summed E-state index contributed by atoms with van der Waals surface area (Å²) >= 11 is 18.5. The molecule has 0 aliphatic heterocycles. The van der Waals surface area contributed by atoms with Crippen molar-refractivity contribution < 1.29 is 4.74 Å². The van der Waals surface area contributed by atoms with Crippen molar-refractivity contribution in [2.45, 2.75) is 6.04 Å². The molecule has 0 amide bonds. The van der Waals surface area contributed by atoms with Crippen molar-refractivity contribution in [3.63, 3.8) is 0 Å². The first-order chi connectivity index (χ1) is 9.04. The zero-order valence-corrected chi connectivity index (χ0v) is 12.4. The Kier molecular flexibility index (Phi) is 4.58. The van der Waals surface area contributed by atoms with Gasteiger partial charge in [0.2, 0.25) is 0 Å². The van der Waals surface area contributed by atoms with E-state index in [0.717, 1.165) is 5.56 Å². The van der Waals surface area contributed by atoms with Crippen LogP contribution < -0.4 is 10.5 Å². The van der Waals surface area contributed by atoms with Gasteiger partial charge in [0, 0.05) is 16.1 Å². The molecule has 2 N–H and O–H groups in total. The molecule has 0 bridgehead atoms. The quantitative estimate of drug-likeness (QED) is 0.890. The highest BCUT2D eigenvalue weighted by Crippen LogP contribution is 2.36. The Morgan fingerprint density at radius 1 is 0.947 bits per heavy atom. The number of hydrogen-bond acceptors (Lipinski definition) is 2. The average Bonchev–Trinajstić information content (AvgIpc) is 2.40. The highest BCUT2D eigenvalue weighted by Gasteiger charge is 2.17. The van der Waals surface area contributed by atoms with Gasteiger partial charge in [-0.1, -0.05) is 53.0 Å². The molecule has 0 saturated heterocycles. The summed E-state index contributed by atoms with van der Waals surface area (Å²) in [5, 5.41) is 1.55. The van der Waals surface area contributed by atoms with Crippen LogP contribution in [0.3, 0.4) is 0 Å². The molecule has 0 aromatic heterocycles. The van der Waals surface area contributed by atoms with Gasteiger partial charge in [0.15, 0.2) is 0 Å². The highest BCUT2D eigenvalue weighted by atomic mass is 35.5. The molecule has 0 fully saturated rings. The van der Waals surface area contributed by atoms with E-state index in [9.17, 15) is 0 Å². The molecular weight excluding hydrogens is 305 g/mol. The molecule has 100 valence electrons. The summed E-state index contributed by atoms with van der Waals surface area (Å²) in [4.78, 5) is 0. The summed E-state index contributed by atoms with van der Waals surface area (Å²) in [5.41, 5.74) is 7.72. The Bertz CT molecular complexity index is 601. The van der Waals surface area contributed by atoms with Gasteiger partial charge in [-0.15, -0.1) is 0 Å². The summed E-state index contributed by atoms with van der Waals surface area (Å²) in [6.07, 6.45) is 0. The third-order valence-corrected chi connectivity index (χ3v) is 3.81. The van der Waals surface area contributed by atoms with Crippen LogP contribution in [0.25, 0.3) is 0 Å². The Labute approximate surface area is 127 Å². The second kappa shape index (κ2) is 6.02. The van der Waals surface area contributed by atoms with Crippen molar-refractivity contribution in [2.75, 3.05) is 7.11 Å². The van der Waals surface area contributed by atoms with E-state index >= 15 is 0 Å². The molecule has 2 aromatic carbocycles. The monoisotopic (exact) mass is 315 g/mol. The van der Waals surface area contributed by atoms with Gasteiger partial charge < -0.3 is 10.5 Å². The Morgan fingerprint density at radius 2 is 1.63 bits per heavy atom. The number of rotatable bonds is 3. The van der Waals surface area contributed by atoms with Crippen LogP contribution in [0.15, 0.2) is 36.4 Å². The first kappa shape index (κ1) is 14.5. The minimum atomic E-state index is -0.440. The lowest BCUT2D eigenvalue weighted by atomic mass is 9.99. The largest absolute Gasteiger partial charge is 0.495 e. The van der Waals surface area contributed by atoms with Crippen molar-refractivity contribution >= 4 is 34.8 Å². The molecule has 0 spiro atoms. The topological polar surface area (TPSA) is 35.2 Å². The lowest BCUT2D eigenvalue weighted by Crippen LogP contribution is -2.13. The van der Waals surface area contributed by atoms with Crippen molar-refractivity contribution in [3.8, 4) is 5.75 Å². The van der Waals surface area contributed by atoms with E-state index in [2.05, 4.69) is 0 Å². The van der Waals surface area contributed by atoms with Crippen molar-refractivity contribution in [1.82, 2.24) is 0 Å². The minimum Gasteiger partial charge on any atom is -0.495 e. The van der Waals surface area contributed by atoms with Crippen LogP contribution in [0.5, 0.6) is 5.75 Å². The minimum absolute atomic E-state index is 0.440. The molecule has 0 radical (unpaired) electrons. The Hall–Kier alpha value is -0.930. The smallest absolute Gasteiger partial charge is 0.138 e. The van der Waals surface area contributed by atoms with Crippen molar-refractivity contribution in [3.05, 3.63) is 62.6 Å². The maximum atomic E-state index is 6.22. The molecule has 0 aliphatic carbocycles. The van der Waals surface area contributed by atoms with Gasteiger partial charge in [-0.25, -0.2) is 0 Å². The van der Waals surface area contributed by atoms with Crippen molar-refractivity contribution in [1.29, 1.82) is 0 Å². The fraction of sp³-hybridized carbons (Fsp3) is 0.143. The number of benzene rings is 2. The van der Waals surface area contributed by atoms with Gasteiger partial charge in [-0.3, -0.25) is 0 Å². The summed E-state index contributed by atoms with van der Waals surface area (Å²) in [6.45, 7) is 0. The molecular formula is C14H12Cl3NO. The third-order valence-electron chi connectivity index (χ3n) is 2.85. The van der Waals surface area contributed by atoms with Gasteiger partial charge in [0.05, 0.1) is 18.2 Å². The molecule has 0 aliphatic rings. The number of methoxy groups -OCH3 is 1. The van der Waals surface area contributed by atoms with Crippen LogP contribution in [-0.2, 0) is 0 Å². The van der Waals surface area contributed by atoms with E-state index in [1.807, 2.05) is 18.2 Å². The zero-order chi connectivity index (χ0) is 14.0. The number of nitrogens with two attached hydrogens (primary N) is 1. The number of halogens is 3. The average molecular weight is 317 g/mol. The lowest BCUT2D eigenvalue weighted by molar-refractivity contribution is 0.415. The van der Waals surface area contributed by atoms with Gasteiger partial charge in [0.25, 0.3) is 0 Å². The van der Waals surface area contributed by atoms with Crippen molar-refractivity contribution in [2.24, 2.45) is 5.73 Å². The molecule has 19 heavy (non-hydrogen) atoms. The van der Waals surface area contributed by atoms with E-state index in [1.165, 1.54) is 7.11 Å². The molecule has 1 atom stereocenters. The first-order valence-electron chi connectivity index (χ1n) is 5.57. The maximum absolute atomic E-state index is 6.22. The van der Waals surface area contributed by atoms with Gasteiger partial charge in [0.1, 0.15) is 5.75 Å². The molecule has 0 heterocycles. The molecule has 0 saturated carbocycles. The second-order valence-corrected chi connectivity index (χ2v) is 5.23. The summed E-state index contributed by atoms with van der Waals surface area (Å²) in [7, 11) is 1.53. The summed E-state index contributed by atoms with van der Waals surface area (Å²) in [6, 6.07) is 10.3. The first-order valence-corrected chi connectivity index (χ1v) is 6.71. The van der Waals surface area contributed by atoms with Crippen LogP contribution in [0, 0.1) is 0 Å². The Balaban J connectivity index is 2.48. The zero-order valence-electron chi connectivity index (χ0n) is 10.2. The van der Waals surface area contributed by atoms with Crippen LogP contribution in [-0.4, -0.2) is 7.11 Å². The third kappa shape index (κ3) is 2.98. The van der Waals surface area contributed by atoms with Gasteiger partial charge >= 0.3 is 0 Å². The van der Waals surface area contributed by atoms with E-state index in [0.29, 0.717) is 26.4 Å². The van der Waals surface area contributed by atoms with Gasteiger partial charge in [-0.05, 0) is 23.3 Å². The van der Waals surface area contributed by atoms with Crippen LogP contribution >= 0.6 is 34.8 Å². The van der Waals surface area contributed by atoms with E-state index in [1.54, 1.807) is 18.2 Å². The molecule has 2 aromatic rings. The van der Waals surface area contributed by atoms with Crippen LogP contribution in [0.2, 0.25) is 15.1 Å². The molecule has 5 heteroatoms. The predicted molar refractivity (Wildman–Crippen MR) is 80.5 cm³/mol. The summed E-state index contributed by atoms with van der Waals surface area (Å²) in [5.74, 6) is 0.516. The molecule has 2 rings (SSSR count). The van der Waals surface area contributed by atoms with E-state index in [4.69, 9.17) is 45.3 Å². The lowest BCUT2D eigenvalue weighted by Gasteiger charge is -2.17. The molecule has 1 unspecified atom stereocenters. The molecule has 2 nitrogen and oxygen atoms in total.